The highest BCUT2D eigenvalue weighted by Crippen LogP contribution is 2.13. The number of carbonyl (C=O) groups is 1. The zero-order valence-electron chi connectivity index (χ0n) is 8.21. The first-order valence-electron chi connectivity index (χ1n) is 4.49. The number of alkyl halides is 2. The van der Waals surface area contributed by atoms with Crippen LogP contribution in [0.15, 0.2) is 21.2 Å². The van der Waals surface area contributed by atoms with Crippen molar-refractivity contribution >= 4 is 21.8 Å². The fourth-order valence-electron chi connectivity index (χ4n) is 0.933. The summed E-state index contributed by atoms with van der Waals surface area (Å²) >= 11 is 3.05. The third-order valence-corrected chi connectivity index (χ3v) is 2.00. The van der Waals surface area contributed by atoms with Gasteiger partial charge in [-0.15, -0.1) is 0 Å². The molecule has 0 aliphatic heterocycles. The van der Waals surface area contributed by atoms with Crippen LogP contribution in [0.1, 0.15) is 10.6 Å². The molecule has 0 bridgehead atoms. The topological polar surface area (TPSA) is 51.5 Å². The van der Waals surface area contributed by atoms with E-state index in [-0.39, 0.29) is 18.9 Å². The molecular formula is C9H10BrF2NO3. The molecule has 90 valence electrons. The molecule has 0 unspecified atom stereocenters. The van der Waals surface area contributed by atoms with Crippen molar-refractivity contribution in [1.82, 2.24) is 5.32 Å². The minimum Gasteiger partial charge on any atom is -0.444 e. The summed E-state index contributed by atoms with van der Waals surface area (Å²) in [5.74, 6) is -0.257. The van der Waals surface area contributed by atoms with Gasteiger partial charge in [0, 0.05) is 6.54 Å². The van der Waals surface area contributed by atoms with E-state index in [9.17, 15) is 13.6 Å². The van der Waals surface area contributed by atoms with E-state index in [0.717, 1.165) is 0 Å². The van der Waals surface area contributed by atoms with E-state index in [0.29, 0.717) is 4.67 Å². The second-order valence-electron chi connectivity index (χ2n) is 2.83. The molecule has 1 aromatic heterocycles. The van der Waals surface area contributed by atoms with Gasteiger partial charge < -0.3 is 14.5 Å². The van der Waals surface area contributed by atoms with Crippen molar-refractivity contribution in [2.45, 2.75) is 6.43 Å². The number of nitrogens with one attached hydrogen (secondary N) is 1. The first kappa shape index (κ1) is 13.1. The van der Waals surface area contributed by atoms with Gasteiger partial charge >= 0.3 is 0 Å². The summed E-state index contributed by atoms with van der Waals surface area (Å²) in [6.07, 6.45) is -2.49. The van der Waals surface area contributed by atoms with Gasteiger partial charge in [0.05, 0.1) is 6.61 Å². The van der Waals surface area contributed by atoms with Crippen LogP contribution in [-0.2, 0) is 4.74 Å². The molecule has 0 aromatic carbocycles. The maximum atomic E-state index is 11.7. The van der Waals surface area contributed by atoms with Crippen LogP contribution in [0.2, 0.25) is 0 Å². The van der Waals surface area contributed by atoms with Gasteiger partial charge in [0.1, 0.15) is 6.61 Å². The second kappa shape index (κ2) is 6.59. The molecule has 0 spiro atoms. The van der Waals surface area contributed by atoms with Crippen LogP contribution < -0.4 is 5.32 Å². The van der Waals surface area contributed by atoms with E-state index in [2.05, 4.69) is 26.0 Å². The number of hydrogen-bond acceptors (Lipinski definition) is 3. The van der Waals surface area contributed by atoms with E-state index in [1.54, 1.807) is 6.07 Å². The number of hydrogen-bond donors (Lipinski definition) is 1. The molecule has 0 saturated carbocycles. The van der Waals surface area contributed by atoms with Gasteiger partial charge in [0.2, 0.25) is 0 Å². The zero-order valence-corrected chi connectivity index (χ0v) is 9.80. The Labute approximate surface area is 99.1 Å². The van der Waals surface area contributed by atoms with Gasteiger partial charge in [-0.2, -0.15) is 0 Å². The minimum atomic E-state index is -2.49. The van der Waals surface area contributed by atoms with Gasteiger partial charge in [-0.05, 0) is 28.1 Å². The zero-order chi connectivity index (χ0) is 12.0. The predicted molar refractivity (Wildman–Crippen MR) is 55.6 cm³/mol. The van der Waals surface area contributed by atoms with Gasteiger partial charge in [-0.25, -0.2) is 8.78 Å². The van der Waals surface area contributed by atoms with Crippen LogP contribution >= 0.6 is 15.9 Å². The highest BCUT2D eigenvalue weighted by molar-refractivity contribution is 9.10. The van der Waals surface area contributed by atoms with Crippen molar-refractivity contribution in [3.05, 3.63) is 22.6 Å². The first-order chi connectivity index (χ1) is 7.59. The van der Waals surface area contributed by atoms with Crippen molar-refractivity contribution < 1.29 is 22.7 Å². The molecule has 0 atom stereocenters. The van der Waals surface area contributed by atoms with E-state index in [4.69, 9.17) is 4.42 Å². The smallest absolute Gasteiger partial charge is 0.287 e. The molecule has 0 aliphatic rings. The van der Waals surface area contributed by atoms with E-state index in [1.165, 1.54) is 6.07 Å². The number of halogens is 3. The molecule has 1 rings (SSSR count). The lowest BCUT2D eigenvalue weighted by Gasteiger charge is -2.04. The fourth-order valence-corrected chi connectivity index (χ4v) is 1.24. The molecule has 0 saturated heterocycles. The summed E-state index contributed by atoms with van der Waals surface area (Å²) in [6.45, 7) is -0.427. The lowest BCUT2D eigenvalue weighted by Crippen LogP contribution is -2.27. The van der Waals surface area contributed by atoms with Crippen molar-refractivity contribution in [3.63, 3.8) is 0 Å². The van der Waals surface area contributed by atoms with Crippen LogP contribution in [0.3, 0.4) is 0 Å². The highest BCUT2D eigenvalue weighted by Gasteiger charge is 2.09. The standard InChI is InChI=1S/C9H10BrF2NO3/c10-7-2-1-6(16-7)9(14)13-3-4-15-5-8(11)12/h1-2,8H,3-5H2,(H,13,14). The Morgan fingerprint density at radius 2 is 2.31 bits per heavy atom. The quantitative estimate of drug-likeness (QED) is 0.818. The average molecular weight is 298 g/mol. The summed E-state index contributed by atoms with van der Waals surface area (Å²) in [5.41, 5.74) is 0. The Kier molecular flexibility index (Phi) is 5.41. The molecule has 4 nitrogen and oxygen atoms in total. The predicted octanol–water partition coefficient (Wildman–Crippen LogP) is 2.05. The molecule has 0 radical (unpaired) electrons. The van der Waals surface area contributed by atoms with Gasteiger partial charge in [0.25, 0.3) is 12.3 Å². The van der Waals surface area contributed by atoms with E-state index >= 15 is 0 Å². The summed E-state index contributed by atoms with van der Waals surface area (Å²) in [5, 5.41) is 2.46. The summed E-state index contributed by atoms with van der Waals surface area (Å²) in [7, 11) is 0. The molecule has 16 heavy (non-hydrogen) atoms. The van der Waals surface area contributed by atoms with Crippen LogP contribution in [0.5, 0.6) is 0 Å². The Morgan fingerprint density at radius 3 is 2.88 bits per heavy atom. The summed E-state index contributed by atoms with van der Waals surface area (Å²) < 4.78 is 33.3. The number of amides is 1. The number of furan rings is 1. The SMILES string of the molecule is O=C(NCCOCC(F)F)c1ccc(Br)o1. The maximum absolute atomic E-state index is 11.7. The summed E-state index contributed by atoms with van der Waals surface area (Å²) in [4.78, 5) is 11.3. The van der Waals surface area contributed by atoms with Crippen molar-refractivity contribution in [3.8, 4) is 0 Å². The Balaban J connectivity index is 2.16. The van der Waals surface area contributed by atoms with Crippen LogP contribution in [0.4, 0.5) is 8.78 Å². The highest BCUT2D eigenvalue weighted by atomic mass is 79.9. The van der Waals surface area contributed by atoms with Crippen molar-refractivity contribution in [2.75, 3.05) is 19.8 Å². The number of ether oxygens (including phenoxy) is 1. The summed E-state index contributed by atoms with van der Waals surface area (Å²) in [6, 6.07) is 3.08. The van der Waals surface area contributed by atoms with Crippen LogP contribution in [-0.4, -0.2) is 32.1 Å². The molecule has 0 aliphatic carbocycles. The molecule has 1 N–H and O–H groups in total. The Bertz CT molecular complexity index is 343. The minimum absolute atomic E-state index is 0.0396. The second-order valence-corrected chi connectivity index (χ2v) is 3.61. The van der Waals surface area contributed by atoms with Gasteiger partial charge in [0.15, 0.2) is 10.4 Å². The Morgan fingerprint density at radius 1 is 1.56 bits per heavy atom. The van der Waals surface area contributed by atoms with Crippen LogP contribution in [0, 0.1) is 0 Å². The lowest BCUT2D eigenvalue weighted by atomic mass is 10.4. The molecule has 1 heterocycles. The molecule has 1 amide bonds. The molecule has 1 aromatic rings. The third-order valence-electron chi connectivity index (χ3n) is 1.57. The molecular weight excluding hydrogens is 288 g/mol. The molecule has 0 fully saturated rings. The number of rotatable bonds is 6. The Hall–Kier alpha value is -0.950. The first-order valence-corrected chi connectivity index (χ1v) is 5.28. The monoisotopic (exact) mass is 297 g/mol. The third kappa shape index (κ3) is 4.71. The van der Waals surface area contributed by atoms with Gasteiger partial charge in [-0.3, -0.25) is 4.79 Å². The average Bonchev–Trinajstić information content (AvgIpc) is 2.63. The lowest BCUT2D eigenvalue weighted by molar-refractivity contribution is 0.0187. The largest absolute Gasteiger partial charge is 0.444 e. The number of carbonyl (C=O) groups excluding carboxylic acids is 1. The van der Waals surface area contributed by atoms with Crippen molar-refractivity contribution in [2.24, 2.45) is 0 Å². The van der Waals surface area contributed by atoms with Crippen molar-refractivity contribution in [1.29, 1.82) is 0 Å². The van der Waals surface area contributed by atoms with E-state index < -0.39 is 18.9 Å². The maximum Gasteiger partial charge on any atom is 0.287 e. The van der Waals surface area contributed by atoms with Crippen LogP contribution in [0.25, 0.3) is 0 Å². The van der Waals surface area contributed by atoms with E-state index in [1.807, 2.05) is 0 Å². The normalized spacial score (nSPS) is 10.8. The molecule has 7 heteroatoms. The van der Waals surface area contributed by atoms with Gasteiger partial charge in [-0.1, -0.05) is 0 Å². The fraction of sp³-hybridized carbons (Fsp3) is 0.444.